The Hall–Kier alpha value is -2.24. The van der Waals surface area contributed by atoms with Crippen molar-refractivity contribution in [3.05, 3.63) is 48.2 Å². The minimum absolute atomic E-state index is 0. The van der Waals surface area contributed by atoms with E-state index in [0.29, 0.717) is 0 Å². The summed E-state index contributed by atoms with van der Waals surface area (Å²) in [6, 6.07) is 9.46. The number of guanidine groups is 1. The van der Waals surface area contributed by atoms with Gasteiger partial charge in [0.15, 0.2) is 11.7 Å². The third kappa shape index (κ3) is 7.26. The number of hydrogen-bond acceptors (Lipinski definition) is 4. The van der Waals surface area contributed by atoms with Crippen LogP contribution in [-0.4, -0.2) is 30.4 Å². The molecule has 0 radical (unpaired) electrons. The quantitative estimate of drug-likeness (QED) is 0.344. The molecule has 0 spiro atoms. The number of piperidine rings is 1. The second-order valence-electron chi connectivity index (χ2n) is 6.44. The number of nitrogens with one attached hydrogen (secondary N) is 1. The first-order valence-corrected chi connectivity index (χ1v) is 9.02. The topological polar surface area (TPSA) is 75.8 Å². The van der Waals surface area contributed by atoms with Crippen LogP contribution in [0.15, 0.2) is 47.6 Å². The number of ether oxygens (including phenoxy) is 1. The van der Waals surface area contributed by atoms with E-state index in [1.165, 1.54) is 24.6 Å². The first kappa shape index (κ1) is 23.0. The Morgan fingerprint density at radius 3 is 2.62 bits per heavy atom. The first-order chi connectivity index (χ1) is 13.4. The van der Waals surface area contributed by atoms with Crippen LogP contribution in [0, 0.1) is 0 Å². The minimum Gasteiger partial charge on any atom is -0.404 e. The molecule has 1 aromatic carbocycles. The lowest BCUT2D eigenvalue weighted by molar-refractivity contribution is -0.274. The number of alkyl halides is 3. The van der Waals surface area contributed by atoms with Crippen LogP contribution >= 0.6 is 24.0 Å². The third-order valence-electron chi connectivity index (χ3n) is 4.30. The van der Waals surface area contributed by atoms with Gasteiger partial charge < -0.3 is 20.7 Å². The second-order valence-corrected chi connectivity index (χ2v) is 6.44. The molecule has 3 rings (SSSR count). The molecule has 2 aromatic rings. The van der Waals surface area contributed by atoms with Gasteiger partial charge in [0.1, 0.15) is 5.82 Å². The van der Waals surface area contributed by atoms with E-state index in [-0.39, 0.29) is 47.9 Å². The zero-order chi connectivity index (χ0) is 20.0. The molecule has 10 heteroatoms. The largest absolute Gasteiger partial charge is 0.573 e. The van der Waals surface area contributed by atoms with E-state index in [0.717, 1.165) is 37.3 Å². The maximum absolute atomic E-state index is 12.5. The van der Waals surface area contributed by atoms with E-state index in [1.807, 2.05) is 12.1 Å². The Kier molecular flexibility index (Phi) is 8.35. The molecule has 1 aliphatic rings. The molecule has 158 valence electrons. The van der Waals surface area contributed by atoms with Crippen molar-refractivity contribution in [2.45, 2.75) is 32.2 Å². The fraction of sp³-hybridized carbons (Fsp3) is 0.368. The van der Waals surface area contributed by atoms with Crippen LogP contribution in [-0.2, 0) is 6.54 Å². The maximum Gasteiger partial charge on any atom is 0.573 e. The molecule has 3 N–H and O–H groups in total. The fourth-order valence-corrected chi connectivity index (χ4v) is 2.99. The van der Waals surface area contributed by atoms with Gasteiger partial charge in [-0.15, -0.1) is 37.1 Å². The predicted octanol–water partition coefficient (Wildman–Crippen LogP) is 4.52. The van der Waals surface area contributed by atoms with Crippen molar-refractivity contribution in [1.29, 1.82) is 0 Å². The number of aromatic nitrogens is 1. The maximum atomic E-state index is 12.5. The summed E-state index contributed by atoms with van der Waals surface area (Å²) in [5, 5.41) is 2.66. The monoisotopic (exact) mass is 521 g/mol. The lowest BCUT2D eigenvalue weighted by Gasteiger charge is -2.27. The Labute approximate surface area is 184 Å². The molecule has 0 amide bonds. The lowest BCUT2D eigenvalue weighted by atomic mass is 10.1. The van der Waals surface area contributed by atoms with Crippen LogP contribution < -0.4 is 20.7 Å². The third-order valence-corrected chi connectivity index (χ3v) is 4.30. The Morgan fingerprint density at radius 2 is 1.90 bits per heavy atom. The highest BCUT2D eigenvalue weighted by molar-refractivity contribution is 14.0. The average molecular weight is 521 g/mol. The van der Waals surface area contributed by atoms with E-state index in [1.54, 1.807) is 12.3 Å². The minimum atomic E-state index is -4.79. The normalized spacial score (nSPS) is 14.9. The molecular formula is C19H23F3IN5O. The number of benzene rings is 1. The highest BCUT2D eigenvalue weighted by atomic mass is 127. The van der Waals surface area contributed by atoms with E-state index in [4.69, 9.17) is 5.73 Å². The SMILES string of the molecule is I.NC(=NCc1ccnc(N2CCCCC2)c1)Nc1ccccc1OC(F)(F)F. The molecule has 29 heavy (non-hydrogen) atoms. The number of aliphatic imine (C=N–C) groups is 1. The molecule has 0 aliphatic carbocycles. The summed E-state index contributed by atoms with van der Waals surface area (Å²) >= 11 is 0. The lowest BCUT2D eigenvalue weighted by Crippen LogP contribution is -2.30. The number of hydrogen-bond donors (Lipinski definition) is 2. The van der Waals surface area contributed by atoms with Crippen LogP contribution in [0.4, 0.5) is 24.7 Å². The highest BCUT2D eigenvalue weighted by Crippen LogP contribution is 2.29. The van der Waals surface area contributed by atoms with Crippen molar-refractivity contribution in [1.82, 2.24) is 4.98 Å². The number of nitrogens with zero attached hydrogens (tertiary/aromatic N) is 3. The molecule has 1 fully saturated rings. The van der Waals surface area contributed by atoms with Gasteiger partial charge in [-0.3, -0.25) is 0 Å². The number of halogens is 4. The van der Waals surface area contributed by atoms with E-state index in [9.17, 15) is 13.2 Å². The van der Waals surface area contributed by atoms with Gasteiger partial charge in [-0.05, 0) is 49.1 Å². The van der Waals surface area contributed by atoms with Crippen LogP contribution in [0.5, 0.6) is 5.75 Å². The van der Waals surface area contributed by atoms with Gasteiger partial charge in [0.25, 0.3) is 0 Å². The molecule has 6 nitrogen and oxygen atoms in total. The average Bonchev–Trinajstić information content (AvgIpc) is 2.68. The predicted molar refractivity (Wildman–Crippen MR) is 118 cm³/mol. The molecule has 0 saturated carbocycles. The van der Waals surface area contributed by atoms with Gasteiger partial charge in [-0.2, -0.15) is 0 Å². The van der Waals surface area contributed by atoms with Crippen molar-refractivity contribution < 1.29 is 17.9 Å². The van der Waals surface area contributed by atoms with Crippen LogP contribution in [0.1, 0.15) is 24.8 Å². The van der Waals surface area contributed by atoms with Crippen molar-refractivity contribution in [3.8, 4) is 5.75 Å². The number of rotatable bonds is 5. The molecule has 0 atom stereocenters. The van der Waals surface area contributed by atoms with Gasteiger partial charge in [0, 0.05) is 19.3 Å². The molecule has 1 saturated heterocycles. The highest BCUT2D eigenvalue weighted by Gasteiger charge is 2.32. The second kappa shape index (κ2) is 10.5. The number of anilines is 2. The summed E-state index contributed by atoms with van der Waals surface area (Å²) in [5.41, 5.74) is 6.85. The number of nitrogens with two attached hydrogens (primary N) is 1. The summed E-state index contributed by atoms with van der Waals surface area (Å²) in [5.74, 6) is 0.529. The van der Waals surface area contributed by atoms with Crippen LogP contribution in [0.3, 0.4) is 0 Å². The molecule has 2 heterocycles. The van der Waals surface area contributed by atoms with Gasteiger partial charge in [-0.1, -0.05) is 12.1 Å². The van der Waals surface area contributed by atoms with Gasteiger partial charge >= 0.3 is 6.36 Å². The Morgan fingerprint density at radius 1 is 1.17 bits per heavy atom. The Bertz CT molecular complexity index is 825. The number of para-hydroxylation sites is 2. The summed E-state index contributed by atoms with van der Waals surface area (Å²) in [6.07, 6.45) is 0.485. The Balaban J connectivity index is 0.00000300. The number of pyridine rings is 1. The van der Waals surface area contributed by atoms with E-state index >= 15 is 0 Å². The summed E-state index contributed by atoms with van der Waals surface area (Å²) in [4.78, 5) is 10.9. The van der Waals surface area contributed by atoms with Crippen LogP contribution in [0.25, 0.3) is 0 Å². The summed E-state index contributed by atoms with van der Waals surface area (Å²) < 4.78 is 41.5. The van der Waals surface area contributed by atoms with Crippen molar-refractivity contribution in [2.24, 2.45) is 10.7 Å². The zero-order valence-electron chi connectivity index (χ0n) is 15.7. The standard InChI is InChI=1S/C19H22F3N5O.HI/c20-19(21,22)28-16-7-3-2-6-15(16)26-18(23)25-13-14-8-9-24-17(12-14)27-10-4-1-5-11-27;/h2-3,6-9,12H,1,4-5,10-11,13H2,(H3,23,25,26);1H. The smallest absolute Gasteiger partial charge is 0.404 e. The molecule has 1 aliphatic heterocycles. The van der Waals surface area contributed by atoms with Gasteiger partial charge in [0.05, 0.1) is 12.2 Å². The van der Waals surface area contributed by atoms with Crippen molar-refractivity contribution in [2.75, 3.05) is 23.3 Å². The van der Waals surface area contributed by atoms with E-state index < -0.39 is 6.36 Å². The van der Waals surface area contributed by atoms with Crippen molar-refractivity contribution >= 4 is 41.4 Å². The molecule has 0 unspecified atom stereocenters. The fourth-order valence-electron chi connectivity index (χ4n) is 2.99. The molecule has 0 bridgehead atoms. The first-order valence-electron chi connectivity index (χ1n) is 9.02. The summed E-state index contributed by atoms with van der Waals surface area (Å²) in [6.45, 7) is 2.25. The molecule has 1 aromatic heterocycles. The van der Waals surface area contributed by atoms with Crippen LogP contribution in [0.2, 0.25) is 0 Å². The zero-order valence-corrected chi connectivity index (χ0v) is 18.0. The van der Waals surface area contributed by atoms with Gasteiger partial charge in [-0.25, -0.2) is 9.98 Å². The van der Waals surface area contributed by atoms with Crippen molar-refractivity contribution in [3.63, 3.8) is 0 Å². The molecular weight excluding hydrogens is 498 g/mol. The van der Waals surface area contributed by atoms with E-state index in [2.05, 4.69) is 24.9 Å². The summed E-state index contributed by atoms with van der Waals surface area (Å²) in [7, 11) is 0. The van der Waals surface area contributed by atoms with Gasteiger partial charge in [0.2, 0.25) is 0 Å².